The summed E-state index contributed by atoms with van der Waals surface area (Å²) in [5.41, 5.74) is 6.70. The third-order valence-corrected chi connectivity index (χ3v) is 2.29. The van der Waals surface area contributed by atoms with Gasteiger partial charge in [-0.05, 0) is 6.07 Å². The van der Waals surface area contributed by atoms with E-state index in [-0.39, 0.29) is 0 Å². The first-order valence-corrected chi connectivity index (χ1v) is 5.65. The van der Waals surface area contributed by atoms with Gasteiger partial charge in [0.05, 0.1) is 31.2 Å². The van der Waals surface area contributed by atoms with Crippen LogP contribution in [0.15, 0.2) is 12.1 Å². The molecule has 0 aliphatic carbocycles. The van der Waals surface area contributed by atoms with Crippen LogP contribution in [0.3, 0.4) is 0 Å². The van der Waals surface area contributed by atoms with E-state index in [1.165, 1.54) is 12.1 Å². The van der Waals surface area contributed by atoms with E-state index in [0.29, 0.717) is 43.6 Å². The van der Waals surface area contributed by atoms with Crippen LogP contribution in [0.5, 0.6) is 5.75 Å². The zero-order chi connectivity index (χ0) is 13.4. The molecule has 0 amide bonds. The molecule has 5 nitrogen and oxygen atoms in total. The van der Waals surface area contributed by atoms with Crippen molar-refractivity contribution in [3.63, 3.8) is 0 Å². The molecule has 0 bridgehead atoms. The topological polar surface area (TPSA) is 65.7 Å². The van der Waals surface area contributed by atoms with Crippen molar-refractivity contribution >= 4 is 11.4 Å². The summed E-state index contributed by atoms with van der Waals surface area (Å²) in [6.45, 7) is 1.74. The van der Waals surface area contributed by atoms with E-state index in [0.717, 1.165) is 0 Å². The molecule has 0 atom stereocenters. The highest BCUT2D eigenvalue weighted by atomic mass is 19.1. The SMILES string of the molecule is CNc1cc(F)cc(OCCOCCOC)c1N. The van der Waals surface area contributed by atoms with Crippen LogP contribution in [0.2, 0.25) is 0 Å². The lowest BCUT2D eigenvalue weighted by atomic mass is 10.2. The monoisotopic (exact) mass is 258 g/mol. The second kappa shape index (κ2) is 7.73. The molecule has 0 heterocycles. The predicted molar refractivity (Wildman–Crippen MR) is 68.5 cm³/mol. The van der Waals surface area contributed by atoms with Crippen molar-refractivity contribution < 1.29 is 18.6 Å². The normalized spacial score (nSPS) is 10.4. The second-order valence-corrected chi connectivity index (χ2v) is 3.57. The summed E-state index contributed by atoms with van der Waals surface area (Å²) >= 11 is 0. The Balaban J connectivity index is 2.44. The first kappa shape index (κ1) is 14.5. The van der Waals surface area contributed by atoms with Crippen molar-refractivity contribution in [2.45, 2.75) is 0 Å². The average molecular weight is 258 g/mol. The number of hydrogen-bond acceptors (Lipinski definition) is 5. The molecule has 1 rings (SSSR count). The highest BCUT2D eigenvalue weighted by molar-refractivity contribution is 5.72. The lowest BCUT2D eigenvalue weighted by Crippen LogP contribution is -2.11. The van der Waals surface area contributed by atoms with Gasteiger partial charge in [-0.2, -0.15) is 0 Å². The van der Waals surface area contributed by atoms with Crippen molar-refractivity contribution in [3.05, 3.63) is 17.9 Å². The molecule has 1 aromatic rings. The summed E-state index contributed by atoms with van der Waals surface area (Å²) < 4.78 is 28.7. The van der Waals surface area contributed by atoms with E-state index in [4.69, 9.17) is 19.9 Å². The van der Waals surface area contributed by atoms with Crippen LogP contribution in [0.25, 0.3) is 0 Å². The fourth-order valence-electron chi connectivity index (χ4n) is 1.37. The second-order valence-electron chi connectivity index (χ2n) is 3.57. The summed E-state index contributed by atoms with van der Waals surface area (Å²) in [6.07, 6.45) is 0. The number of benzene rings is 1. The Morgan fingerprint density at radius 3 is 2.61 bits per heavy atom. The third-order valence-electron chi connectivity index (χ3n) is 2.29. The van der Waals surface area contributed by atoms with Gasteiger partial charge in [0.1, 0.15) is 18.2 Å². The Morgan fingerprint density at radius 1 is 1.22 bits per heavy atom. The van der Waals surface area contributed by atoms with Crippen molar-refractivity contribution in [1.82, 2.24) is 0 Å². The Labute approximate surface area is 106 Å². The fourth-order valence-corrected chi connectivity index (χ4v) is 1.37. The number of ether oxygens (including phenoxy) is 3. The van der Waals surface area contributed by atoms with E-state index in [1.807, 2.05) is 0 Å². The molecule has 0 saturated heterocycles. The average Bonchev–Trinajstić information content (AvgIpc) is 2.37. The number of nitrogens with two attached hydrogens (primary N) is 1. The van der Waals surface area contributed by atoms with E-state index in [9.17, 15) is 4.39 Å². The molecule has 0 saturated carbocycles. The summed E-state index contributed by atoms with van der Waals surface area (Å²) in [5.74, 6) is -0.0847. The lowest BCUT2D eigenvalue weighted by molar-refractivity contribution is 0.0545. The molecule has 18 heavy (non-hydrogen) atoms. The molecular formula is C12H19FN2O3. The van der Waals surface area contributed by atoms with Gasteiger partial charge in [-0.3, -0.25) is 0 Å². The van der Waals surface area contributed by atoms with Crippen LogP contribution >= 0.6 is 0 Å². The minimum atomic E-state index is -0.399. The van der Waals surface area contributed by atoms with Crippen LogP contribution in [0.4, 0.5) is 15.8 Å². The fraction of sp³-hybridized carbons (Fsp3) is 0.500. The van der Waals surface area contributed by atoms with Gasteiger partial charge in [0, 0.05) is 20.2 Å². The number of hydrogen-bond donors (Lipinski definition) is 2. The van der Waals surface area contributed by atoms with Crippen molar-refractivity contribution in [3.8, 4) is 5.75 Å². The summed E-state index contributed by atoms with van der Waals surface area (Å²) in [6, 6.07) is 2.57. The van der Waals surface area contributed by atoms with Crippen LogP contribution in [0, 0.1) is 5.82 Å². The van der Waals surface area contributed by atoms with Crippen LogP contribution in [0.1, 0.15) is 0 Å². The van der Waals surface area contributed by atoms with Gasteiger partial charge in [-0.1, -0.05) is 0 Å². The highest BCUT2D eigenvalue weighted by Gasteiger charge is 2.08. The molecule has 0 spiro atoms. The molecule has 6 heteroatoms. The molecule has 0 unspecified atom stereocenters. The Kier molecular flexibility index (Phi) is 6.24. The van der Waals surface area contributed by atoms with E-state index in [1.54, 1.807) is 14.2 Å². The quantitative estimate of drug-likeness (QED) is 0.546. The number of anilines is 2. The zero-order valence-corrected chi connectivity index (χ0v) is 10.7. The van der Waals surface area contributed by atoms with Gasteiger partial charge in [0.2, 0.25) is 0 Å². The largest absolute Gasteiger partial charge is 0.489 e. The van der Waals surface area contributed by atoms with Crippen molar-refractivity contribution in [2.24, 2.45) is 0 Å². The molecule has 0 fully saturated rings. The molecular weight excluding hydrogens is 239 g/mol. The minimum Gasteiger partial charge on any atom is -0.489 e. The maximum absolute atomic E-state index is 13.2. The van der Waals surface area contributed by atoms with Gasteiger partial charge in [0.25, 0.3) is 0 Å². The Bertz CT molecular complexity index is 375. The predicted octanol–water partition coefficient (Wildman–Crippen LogP) is 1.49. The van der Waals surface area contributed by atoms with Gasteiger partial charge in [-0.25, -0.2) is 4.39 Å². The molecule has 0 radical (unpaired) electrons. The van der Waals surface area contributed by atoms with E-state index < -0.39 is 5.82 Å². The molecule has 3 N–H and O–H groups in total. The van der Waals surface area contributed by atoms with E-state index in [2.05, 4.69) is 5.32 Å². The van der Waals surface area contributed by atoms with Gasteiger partial charge >= 0.3 is 0 Å². The molecule has 0 aliphatic rings. The van der Waals surface area contributed by atoms with Crippen LogP contribution in [-0.2, 0) is 9.47 Å². The number of nitrogen functional groups attached to an aromatic ring is 1. The van der Waals surface area contributed by atoms with E-state index >= 15 is 0 Å². The smallest absolute Gasteiger partial charge is 0.147 e. The molecule has 0 aliphatic heterocycles. The summed E-state index contributed by atoms with van der Waals surface area (Å²) in [4.78, 5) is 0. The third kappa shape index (κ3) is 4.38. The summed E-state index contributed by atoms with van der Waals surface area (Å²) in [5, 5.41) is 2.80. The zero-order valence-electron chi connectivity index (χ0n) is 10.7. The Morgan fingerprint density at radius 2 is 1.94 bits per heavy atom. The number of methoxy groups -OCH3 is 1. The highest BCUT2D eigenvalue weighted by Crippen LogP contribution is 2.30. The maximum atomic E-state index is 13.2. The van der Waals surface area contributed by atoms with Gasteiger partial charge in [0.15, 0.2) is 0 Å². The standard InChI is InChI=1S/C12H19FN2O3/c1-15-10-7-9(13)8-11(12(10)14)18-6-5-17-4-3-16-2/h7-8,15H,3-6,14H2,1-2H3. The number of nitrogens with one attached hydrogen (secondary N) is 1. The van der Waals surface area contributed by atoms with Crippen molar-refractivity contribution in [2.75, 3.05) is 51.6 Å². The first-order chi connectivity index (χ1) is 8.69. The summed E-state index contributed by atoms with van der Waals surface area (Å²) in [7, 11) is 3.27. The van der Waals surface area contributed by atoms with Crippen molar-refractivity contribution in [1.29, 1.82) is 0 Å². The lowest BCUT2D eigenvalue weighted by Gasteiger charge is -2.12. The van der Waals surface area contributed by atoms with Gasteiger partial charge in [-0.15, -0.1) is 0 Å². The Hall–Kier alpha value is -1.53. The number of rotatable bonds is 8. The molecule has 102 valence electrons. The van der Waals surface area contributed by atoms with Gasteiger partial charge < -0.3 is 25.3 Å². The molecule has 0 aromatic heterocycles. The molecule has 1 aromatic carbocycles. The van der Waals surface area contributed by atoms with Crippen LogP contribution < -0.4 is 15.8 Å². The first-order valence-electron chi connectivity index (χ1n) is 5.65. The maximum Gasteiger partial charge on any atom is 0.147 e. The van der Waals surface area contributed by atoms with Crippen LogP contribution in [-0.4, -0.2) is 40.6 Å². The number of halogens is 1. The minimum absolute atomic E-state index is 0.306.